The van der Waals surface area contributed by atoms with Crippen molar-refractivity contribution in [2.45, 2.75) is 38.6 Å². The number of halogens is 1. The highest BCUT2D eigenvalue weighted by Crippen LogP contribution is 2.30. The van der Waals surface area contributed by atoms with E-state index in [-0.39, 0.29) is 18.3 Å². The maximum absolute atomic E-state index is 12.1. The summed E-state index contributed by atoms with van der Waals surface area (Å²) < 4.78 is 0. The van der Waals surface area contributed by atoms with Crippen LogP contribution in [0.5, 0.6) is 0 Å². The van der Waals surface area contributed by atoms with Gasteiger partial charge in [0.1, 0.15) is 0 Å². The third-order valence-corrected chi connectivity index (χ3v) is 5.00. The molecule has 1 aliphatic heterocycles. The average molecular weight is 367 g/mol. The zero-order chi connectivity index (χ0) is 16.9. The number of rotatable bonds is 7. The minimum Gasteiger partial charge on any atom is -0.369 e. The van der Waals surface area contributed by atoms with E-state index in [4.69, 9.17) is 5.73 Å². The first-order valence-corrected chi connectivity index (χ1v) is 9.29. The standard InChI is InChI=1S/C19H30N4O.ClH/c1-2-4-18(20)19(24)21-16-5-3-6-17(13-16)23-11-9-22(10-12-23)14-15-7-8-15;/h3,5-6,13,15,18H,2,4,7-12,14,20H2,1H3,(H,21,24);1H. The van der Waals surface area contributed by atoms with E-state index in [2.05, 4.69) is 27.2 Å². The van der Waals surface area contributed by atoms with Crippen molar-refractivity contribution in [1.82, 2.24) is 4.90 Å². The summed E-state index contributed by atoms with van der Waals surface area (Å²) >= 11 is 0. The lowest BCUT2D eigenvalue weighted by atomic mass is 10.1. The number of carbonyl (C=O) groups excluding carboxylic acids is 1. The van der Waals surface area contributed by atoms with E-state index in [9.17, 15) is 4.79 Å². The van der Waals surface area contributed by atoms with Crippen molar-refractivity contribution in [3.05, 3.63) is 24.3 Å². The number of nitrogens with zero attached hydrogens (tertiary/aromatic N) is 2. The number of nitrogens with two attached hydrogens (primary N) is 1. The Morgan fingerprint density at radius 3 is 2.64 bits per heavy atom. The molecular weight excluding hydrogens is 336 g/mol. The van der Waals surface area contributed by atoms with Gasteiger partial charge in [-0.1, -0.05) is 19.4 Å². The van der Waals surface area contributed by atoms with Gasteiger partial charge < -0.3 is 16.0 Å². The molecule has 3 N–H and O–H groups in total. The van der Waals surface area contributed by atoms with Gasteiger partial charge in [-0.25, -0.2) is 0 Å². The van der Waals surface area contributed by atoms with Gasteiger partial charge in [-0.2, -0.15) is 0 Å². The second kappa shape index (κ2) is 9.41. The Hall–Kier alpha value is -1.30. The van der Waals surface area contributed by atoms with Gasteiger partial charge in [0.25, 0.3) is 0 Å². The van der Waals surface area contributed by atoms with Gasteiger partial charge in [-0.05, 0) is 43.4 Å². The number of hydrogen-bond donors (Lipinski definition) is 2. The molecule has 0 bridgehead atoms. The number of anilines is 2. The van der Waals surface area contributed by atoms with Crippen LogP contribution in [0, 0.1) is 5.92 Å². The van der Waals surface area contributed by atoms with Crippen LogP contribution in [-0.4, -0.2) is 49.6 Å². The molecule has 1 aliphatic carbocycles. The van der Waals surface area contributed by atoms with Crippen LogP contribution < -0.4 is 16.0 Å². The molecule has 1 saturated carbocycles. The topological polar surface area (TPSA) is 61.6 Å². The first-order valence-electron chi connectivity index (χ1n) is 9.29. The van der Waals surface area contributed by atoms with Gasteiger partial charge >= 0.3 is 0 Å². The van der Waals surface area contributed by atoms with Gasteiger partial charge in [0.15, 0.2) is 0 Å². The molecule has 1 saturated heterocycles. The fourth-order valence-corrected chi connectivity index (χ4v) is 3.31. The van der Waals surface area contributed by atoms with E-state index < -0.39 is 6.04 Å². The Morgan fingerprint density at radius 2 is 2.00 bits per heavy atom. The largest absolute Gasteiger partial charge is 0.369 e. The minimum atomic E-state index is -0.426. The molecule has 2 fully saturated rings. The number of amides is 1. The molecule has 1 aromatic carbocycles. The fraction of sp³-hybridized carbons (Fsp3) is 0.632. The summed E-state index contributed by atoms with van der Waals surface area (Å²) in [4.78, 5) is 17.1. The first kappa shape index (κ1) is 20.0. The Kier molecular flexibility index (Phi) is 7.54. The quantitative estimate of drug-likeness (QED) is 0.778. The van der Waals surface area contributed by atoms with Crippen LogP contribution in [0.25, 0.3) is 0 Å². The highest BCUT2D eigenvalue weighted by atomic mass is 35.5. The molecule has 1 atom stereocenters. The van der Waals surface area contributed by atoms with Crippen LogP contribution >= 0.6 is 12.4 Å². The Bertz CT molecular complexity index is 556. The Labute approximate surface area is 157 Å². The molecule has 140 valence electrons. The molecule has 1 unspecified atom stereocenters. The van der Waals surface area contributed by atoms with Crippen molar-refractivity contribution in [1.29, 1.82) is 0 Å². The van der Waals surface area contributed by atoms with Crippen molar-refractivity contribution in [2.24, 2.45) is 11.7 Å². The van der Waals surface area contributed by atoms with Crippen LogP contribution in [0.4, 0.5) is 11.4 Å². The SMILES string of the molecule is CCCC(N)C(=O)Nc1cccc(N2CCN(CC3CC3)CC2)c1.Cl. The predicted octanol–water partition coefficient (Wildman–Crippen LogP) is 2.71. The monoisotopic (exact) mass is 366 g/mol. The van der Waals surface area contributed by atoms with Gasteiger partial charge in [-0.3, -0.25) is 9.69 Å². The summed E-state index contributed by atoms with van der Waals surface area (Å²) in [6.45, 7) is 7.69. The van der Waals surface area contributed by atoms with E-state index in [0.29, 0.717) is 6.42 Å². The minimum absolute atomic E-state index is 0. The zero-order valence-corrected chi connectivity index (χ0v) is 15.9. The fourth-order valence-electron chi connectivity index (χ4n) is 3.31. The second-order valence-corrected chi connectivity index (χ2v) is 7.17. The highest BCUT2D eigenvalue weighted by Gasteiger charge is 2.26. The average Bonchev–Trinajstić information content (AvgIpc) is 3.40. The van der Waals surface area contributed by atoms with Gasteiger partial charge in [0, 0.05) is 44.1 Å². The van der Waals surface area contributed by atoms with Gasteiger partial charge in [0.05, 0.1) is 6.04 Å². The van der Waals surface area contributed by atoms with Crippen molar-refractivity contribution in [2.75, 3.05) is 42.9 Å². The number of hydrogen-bond acceptors (Lipinski definition) is 4. The van der Waals surface area contributed by atoms with E-state index in [1.807, 2.05) is 19.1 Å². The number of carbonyl (C=O) groups is 1. The molecule has 0 radical (unpaired) electrons. The van der Waals surface area contributed by atoms with Crippen molar-refractivity contribution >= 4 is 29.7 Å². The molecule has 2 aliphatic rings. The normalized spacial score (nSPS) is 19.2. The number of nitrogens with one attached hydrogen (secondary N) is 1. The molecule has 6 heteroatoms. The Morgan fingerprint density at radius 1 is 1.28 bits per heavy atom. The lowest BCUT2D eigenvalue weighted by molar-refractivity contribution is -0.117. The Balaban J connectivity index is 0.00000225. The summed E-state index contributed by atoms with van der Waals surface area (Å²) in [5.74, 6) is 0.866. The van der Waals surface area contributed by atoms with E-state index in [0.717, 1.165) is 44.2 Å². The lowest BCUT2D eigenvalue weighted by Gasteiger charge is -2.36. The van der Waals surface area contributed by atoms with E-state index in [1.54, 1.807) is 0 Å². The number of benzene rings is 1. The van der Waals surface area contributed by atoms with E-state index in [1.165, 1.54) is 25.1 Å². The molecule has 5 nitrogen and oxygen atoms in total. The third kappa shape index (κ3) is 5.87. The summed E-state index contributed by atoms with van der Waals surface area (Å²) in [5.41, 5.74) is 7.91. The van der Waals surface area contributed by atoms with Gasteiger partial charge in [-0.15, -0.1) is 12.4 Å². The van der Waals surface area contributed by atoms with Crippen LogP contribution in [0.3, 0.4) is 0 Å². The van der Waals surface area contributed by atoms with Crippen LogP contribution in [0.15, 0.2) is 24.3 Å². The van der Waals surface area contributed by atoms with Crippen LogP contribution in [-0.2, 0) is 4.79 Å². The molecule has 1 amide bonds. The highest BCUT2D eigenvalue weighted by molar-refractivity contribution is 5.95. The lowest BCUT2D eigenvalue weighted by Crippen LogP contribution is -2.47. The summed E-state index contributed by atoms with van der Waals surface area (Å²) in [7, 11) is 0. The molecule has 0 spiro atoms. The smallest absolute Gasteiger partial charge is 0.241 e. The van der Waals surface area contributed by atoms with Crippen molar-refractivity contribution in [3.8, 4) is 0 Å². The van der Waals surface area contributed by atoms with Gasteiger partial charge in [0.2, 0.25) is 5.91 Å². The zero-order valence-electron chi connectivity index (χ0n) is 15.1. The molecular formula is C19H31ClN4O. The maximum atomic E-state index is 12.1. The predicted molar refractivity (Wildman–Crippen MR) is 107 cm³/mol. The molecule has 0 aromatic heterocycles. The molecule has 1 heterocycles. The summed E-state index contributed by atoms with van der Waals surface area (Å²) in [5, 5.41) is 2.95. The van der Waals surface area contributed by atoms with Crippen molar-refractivity contribution in [3.63, 3.8) is 0 Å². The maximum Gasteiger partial charge on any atom is 0.241 e. The number of piperazine rings is 1. The summed E-state index contributed by atoms with van der Waals surface area (Å²) in [6, 6.07) is 7.70. The molecule has 1 aromatic rings. The van der Waals surface area contributed by atoms with Crippen LogP contribution in [0.2, 0.25) is 0 Å². The van der Waals surface area contributed by atoms with E-state index >= 15 is 0 Å². The van der Waals surface area contributed by atoms with Crippen molar-refractivity contribution < 1.29 is 4.79 Å². The third-order valence-electron chi connectivity index (χ3n) is 5.00. The molecule has 3 rings (SSSR count). The molecule has 25 heavy (non-hydrogen) atoms. The van der Waals surface area contributed by atoms with Crippen LogP contribution in [0.1, 0.15) is 32.6 Å². The first-order chi connectivity index (χ1) is 11.7. The second-order valence-electron chi connectivity index (χ2n) is 7.17. The summed E-state index contributed by atoms with van der Waals surface area (Å²) in [6.07, 6.45) is 4.47.